The molecule has 1 aliphatic heterocycles. The van der Waals surface area contributed by atoms with Crippen molar-refractivity contribution in [3.8, 4) is 0 Å². The first-order valence-corrected chi connectivity index (χ1v) is 11.7. The molecule has 1 saturated heterocycles. The van der Waals surface area contributed by atoms with E-state index in [1.54, 1.807) is 25.1 Å². The summed E-state index contributed by atoms with van der Waals surface area (Å²) in [6.45, 7) is 5.23. The van der Waals surface area contributed by atoms with Gasteiger partial charge in [-0.1, -0.05) is 18.2 Å². The fourth-order valence-corrected chi connectivity index (χ4v) is 3.96. The Balaban J connectivity index is 1.63. The minimum atomic E-state index is -3.39. The van der Waals surface area contributed by atoms with Crippen LogP contribution in [0.4, 0.5) is 0 Å². The van der Waals surface area contributed by atoms with Gasteiger partial charge in [-0.2, -0.15) is 0 Å². The Kier molecular flexibility index (Phi) is 6.58. The quantitative estimate of drug-likeness (QED) is 0.782. The summed E-state index contributed by atoms with van der Waals surface area (Å²) < 4.78 is 23.5. The van der Waals surface area contributed by atoms with E-state index < -0.39 is 9.84 Å². The Morgan fingerprint density at radius 3 is 2.23 bits per heavy atom. The van der Waals surface area contributed by atoms with Crippen LogP contribution >= 0.6 is 0 Å². The zero-order valence-electron chi connectivity index (χ0n) is 17.5. The SMILES string of the molecule is Cc1ccc(S(C)(=O)=O)cc1C(=O)NCc1ccc(C(=O)N2CCN(C)CC2)cc1. The van der Waals surface area contributed by atoms with E-state index in [0.717, 1.165) is 38.0 Å². The molecule has 1 N–H and O–H groups in total. The summed E-state index contributed by atoms with van der Waals surface area (Å²) in [5.74, 6) is -0.317. The van der Waals surface area contributed by atoms with Gasteiger partial charge in [-0.05, 0) is 49.4 Å². The number of benzene rings is 2. The molecular formula is C22H27N3O4S. The summed E-state index contributed by atoms with van der Waals surface area (Å²) in [7, 11) is -1.34. The second kappa shape index (κ2) is 8.97. The second-order valence-corrected chi connectivity index (χ2v) is 9.74. The molecule has 7 nitrogen and oxygen atoms in total. The lowest BCUT2D eigenvalue weighted by Gasteiger charge is -2.32. The molecule has 160 valence electrons. The minimum Gasteiger partial charge on any atom is -0.348 e. The summed E-state index contributed by atoms with van der Waals surface area (Å²) in [5.41, 5.74) is 2.52. The lowest BCUT2D eigenvalue weighted by atomic mass is 10.1. The number of nitrogens with zero attached hydrogens (tertiary/aromatic N) is 2. The molecule has 30 heavy (non-hydrogen) atoms. The van der Waals surface area contributed by atoms with Crippen molar-refractivity contribution in [2.75, 3.05) is 39.5 Å². The molecule has 3 rings (SSSR count). The molecule has 1 fully saturated rings. The molecule has 0 unspecified atom stereocenters. The van der Waals surface area contributed by atoms with Crippen LogP contribution in [0.25, 0.3) is 0 Å². The third-order valence-corrected chi connectivity index (χ3v) is 6.44. The Morgan fingerprint density at radius 2 is 1.63 bits per heavy atom. The molecule has 1 aliphatic rings. The highest BCUT2D eigenvalue weighted by molar-refractivity contribution is 7.90. The maximum Gasteiger partial charge on any atom is 0.253 e. The molecule has 0 spiro atoms. The van der Waals surface area contributed by atoms with E-state index in [2.05, 4.69) is 10.2 Å². The number of carbonyl (C=O) groups excluding carboxylic acids is 2. The lowest BCUT2D eigenvalue weighted by Crippen LogP contribution is -2.47. The Bertz CT molecular complexity index is 1040. The van der Waals surface area contributed by atoms with Gasteiger partial charge < -0.3 is 15.1 Å². The number of hydrogen-bond donors (Lipinski definition) is 1. The number of amides is 2. The molecule has 2 amide bonds. The Hall–Kier alpha value is -2.71. The number of sulfone groups is 1. The van der Waals surface area contributed by atoms with Crippen LogP contribution in [-0.4, -0.2) is 69.5 Å². The van der Waals surface area contributed by atoms with Crippen LogP contribution in [0.2, 0.25) is 0 Å². The Labute approximate surface area is 177 Å². The molecule has 8 heteroatoms. The van der Waals surface area contributed by atoms with E-state index in [4.69, 9.17) is 0 Å². The molecule has 0 bridgehead atoms. The first-order valence-electron chi connectivity index (χ1n) is 9.81. The molecule has 0 aliphatic carbocycles. The third kappa shape index (κ3) is 5.25. The highest BCUT2D eigenvalue weighted by atomic mass is 32.2. The largest absolute Gasteiger partial charge is 0.348 e. The van der Waals surface area contributed by atoms with Crippen LogP contribution in [-0.2, 0) is 16.4 Å². The predicted octanol–water partition coefficient (Wildman–Crippen LogP) is 1.72. The van der Waals surface area contributed by atoms with Crippen molar-refractivity contribution in [1.29, 1.82) is 0 Å². The van der Waals surface area contributed by atoms with Gasteiger partial charge in [0, 0.05) is 50.1 Å². The van der Waals surface area contributed by atoms with Gasteiger partial charge >= 0.3 is 0 Å². The summed E-state index contributed by atoms with van der Waals surface area (Å²) in [5, 5.41) is 2.82. The highest BCUT2D eigenvalue weighted by Gasteiger charge is 2.20. The van der Waals surface area contributed by atoms with Crippen LogP contribution in [0.5, 0.6) is 0 Å². The summed E-state index contributed by atoms with van der Waals surface area (Å²) >= 11 is 0. The topological polar surface area (TPSA) is 86.8 Å². The molecule has 0 aromatic heterocycles. The van der Waals surface area contributed by atoms with Crippen LogP contribution in [0.15, 0.2) is 47.4 Å². The molecular weight excluding hydrogens is 402 g/mol. The minimum absolute atomic E-state index is 0.0203. The number of rotatable bonds is 5. The van der Waals surface area contributed by atoms with Gasteiger partial charge in [-0.15, -0.1) is 0 Å². The van der Waals surface area contributed by atoms with Crippen molar-refractivity contribution in [3.05, 3.63) is 64.7 Å². The number of hydrogen-bond acceptors (Lipinski definition) is 5. The van der Waals surface area contributed by atoms with E-state index in [1.807, 2.05) is 24.1 Å². The van der Waals surface area contributed by atoms with Gasteiger partial charge in [-0.25, -0.2) is 8.42 Å². The number of carbonyl (C=O) groups is 2. The first kappa shape index (κ1) is 22.0. The van der Waals surface area contributed by atoms with Crippen molar-refractivity contribution >= 4 is 21.7 Å². The van der Waals surface area contributed by atoms with Crippen molar-refractivity contribution < 1.29 is 18.0 Å². The fourth-order valence-electron chi connectivity index (χ4n) is 3.31. The molecule has 1 heterocycles. The normalized spacial score (nSPS) is 15.1. The number of likely N-dealkylation sites (N-methyl/N-ethyl adjacent to an activating group) is 1. The van der Waals surface area contributed by atoms with E-state index in [-0.39, 0.29) is 23.3 Å². The van der Waals surface area contributed by atoms with Crippen molar-refractivity contribution in [2.24, 2.45) is 0 Å². The molecule has 2 aromatic carbocycles. The third-order valence-electron chi connectivity index (χ3n) is 5.33. The standard InChI is InChI=1S/C22H27N3O4S/c1-16-4-9-19(30(3,28)29)14-20(16)21(26)23-15-17-5-7-18(8-6-17)22(27)25-12-10-24(2)11-13-25/h4-9,14H,10-13,15H2,1-3H3,(H,23,26). The van der Waals surface area contributed by atoms with Gasteiger partial charge in [0.2, 0.25) is 0 Å². The lowest BCUT2D eigenvalue weighted by molar-refractivity contribution is 0.0664. The average molecular weight is 430 g/mol. The first-order chi connectivity index (χ1) is 14.1. The van der Waals surface area contributed by atoms with E-state index in [0.29, 0.717) is 16.7 Å². The summed E-state index contributed by atoms with van der Waals surface area (Å²) in [4.78, 5) is 29.3. The predicted molar refractivity (Wildman–Crippen MR) is 115 cm³/mol. The van der Waals surface area contributed by atoms with Gasteiger partial charge in [0.15, 0.2) is 9.84 Å². The van der Waals surface area contributed by atoms with Crippen molar-refractivity contribution in [3.63, 3.8) is 0 Å². The summed E-state index contributed by atoms with van der Waals surface area (Å²) in [6.07, 6.45) is 1.12. The van der Waals surface area contributed by atoms with Crippen molar-refractivity contribution in [1.82, 2.24) is 15.1 Å². The fraction of sp³-hybridized carbons (Fsp3) is 0.364. The maximum atomic E-state index is 12.6. The zero-order chi connectivity index (χ0) is 21.9. The number of nitrogens with one attached hydrogen (secondary N) is 1. The van der Waals surface area contributed by atoms with Gasteiger partial charge in [0.1, 0.15) is 0 Å². The maximum absolute atomic E-state index is 12.6. The van der Waals surface area contributed by atoms with Crippen molar-refractivity contribution in [2.45, 2.75) is 18.4 Å². The van der Waals surface area contributed by atoms with E-state index in [1.165, 1.54) is 12.1 Å². The van der Waals surface area contributed by atoms with Crippen LogP contribution in [0.1, 0.15) is 31.8 Å². The summed E-state index contributed by atoms with van der Waals surface area (Å²) in [6, 6.07) is 11.7. The van der Waals surface area contributed by atoms with E-state index >= 15 is 0 Å². The smallest absolute Gasteiger partial charge is 0.253 e. The monoisotopic (exact) mass is 429 g/mol. The van der Waals surface area contributed by atoms with Gasteiger partial charge in [0.25, 0.3) is 11.8 Å². The van der Waals surface area contributed by atoms with E-state index in [9.17, 15) is 18.0 Å². The number of piperazine rings is 1. The average Bonchev–Trinajstić information content (AvgIpc) is 2.72. The van der Waals surface area contributed by atoms with Crippen LogP contribution in [0, 0.1) is 6.92 Å². The molecule has 0 atom stereocenters. The van der Waals surface area contributed by atoms with Crippen LogP contribution < -0.4 is 5.32 Å². The highest BCUT2D eigenvalue weighted by Crippen LogP contribution is 2.16. The van der Waals surface area contributed by atoms with Crippen LogP contribution in [0.3, 0.4) is 0 Å². The Morgan fingerprint density at radius 1 is 1.00 bits per heavy atom. The number of aryl methyl sites for hydroxylation is 1. The molecule has 2 aromatic rings. The van der Waals surface area contributed by atoms with Gasteiger partial charge in [0.05, 0.1) is 4.90 Å². The second-order valence-electron chi connectivity index (χ2n) is 7.72. The molecule has 0 saturated carbocycles. The zero-order valence-corrected chi connectivity index (χ0v) is 18.3. The van der Waals surface area contributed by atoms with Gasteiger partial charge in [-0.3, -0.25) is 9.59 Å². The molecule has 0 radical (unpaired) electrons.